The number of hydrogen-bond acceptors (Lipinski definition) is 3. The van der Waals surface area contributed by atoms with Crippen molar-refractivity contribution in [3.8, 4) is 0 Å². The molecule has 1 heterocycles. The Hall–Kier alpha value is -2.04. The number of methoxy groups -OCH3 is 1. The molecule has 1 N–H and O–H groups in total. The first kappa shape index (κ1) is 12.4. The summed E-state index contributed by atoms with van der Waals surface area (Å²) in [5.74, 6) is -0.163. The molecule has 2 rings (SSSR count). The Bertz CT molecular complexity index is 433. The van der Waals surface area contributed by atoms with E-state index in [1.165, 1.54) is 12.0 Å². The molecule has 0 aliphatic carbocycles. The Balaban J connectivity index is 2.02. The number of hydrogen-bond donors (Lipinski definition) is 1. The van der Waals surface area contributed by atoms with E-state index in [0.29, 0.717) is 13.0 Å². The summed E-state index contributed by atoms with van der Waals surface area (Å²) in [6, 6.07) is 8.78. The lowest BCUT2D eigenvalue weighted by Gasteiger charge is -2.22. The molecule has 18 heavy (non-hydrogen) atoms. The van der Waals surface area contributed by atoms with Gasteiger partial charge in [-0.25, -0.2) is 4.79 Å². The van der Waals surface area contributed by atoms with Crippen LogP contribution in [0.15, 0.2) is 30.3 Å². The van der Waals surface area contributed by atoms with Crippen LogP contribution in [0.25, 0.3) is 0 Å². The molecule has 1 saturated heterocycles. The second kappa shape index (κ2) is 5.53. The lowest BCUT2D eigenvalue weighted by atomic mass is 10.2. The number of carbonyl (C=O) groups is 2. The zero-order valence-corrected chi connectivity index (χ0v) is 10.3. The van der Waals surface area contributed by atoms with Gasteiger partial charge in [0, 0.05) is 12.2 Å². The van der Waals surface area contributed by atoms with Crippen LogP contribution in [-0.2, 0) is 9.53 Å². The third kappa shape index (κ3) is 2.61. The van der Waals surface area contributed by atoms with E-state index in [2.05, 4.69) is 10.1 Å². The van der Waals surface area contributed by atoms with Gasteiger partial charge in [-0.1, -0.05) is 18.2 Å². The number of likely N-dealkylation sites (tertiary alicyclic amines) is 1. The second-order valence-electron chi connectivity index (χ2n) is 4.18. The molecule has 1 atom stereocenters. The Morgan fingerprint density at radius 1 is 1.33 bits per heavy atom. The first-order chi connectivity index (χ1) is 8.72. The summed E-state index contributed by atoms with van der Waals surface area (Å²) in [4.78, 5) is 25.1. The molecule has 0 saturated carbocycles. The van der Waals surface area contributed by atoms with Crippen molar-refractivity contribution in [2.45, 2.75) is 18.9 Å². The largest absolute Gasteiger partial charge is 0.453 e. The minimum absolute atomic E-state index is 0.163. The summed E-state index contributed by atoms with van der Waals surface area (Å²) >= 11 is 0. The molecule has 0 bridgehead atoms. The van der Waals surface area contributed by atoms with Crippen LogP contribution in [0.3, 0.4) is 0 Å². The highest BCUT2D eigenvalue weighted by molar-refractivity contribution is 5.96. The van der Waals surface area contributed by atoms with Crippen LogP contribution in [0.1, 0.15) is 12.8 Å². The second-order valence-corrected chi connectivity index (χ2v) is 4.18. The van der Waals surface area contributed by atoms with Crippen molar-refractivity contribution in [3.63, 3.8) is 0 Å². The molecule has 1 aliphatic heterocycles. The van der Waals surface area contributed by atoms with Gasteiger partial charge in [0.2, 0.25) is 5.91 Å². The van der Waals surface area contributed by atoms with Crippen LogP contribution < -0.4 is 5.32 Å². The molecular weight excluding hydrogens is 232 g/mol. The van der Waals surface area contributed by atoms with E-state index in [4.69, 9.17) is 0 Å². The van der Waals surface area contributed by atoms with Crippen LogP contribution in [0, 0.1) is 0 Å². The summed E-state index contributed by atoms with van der Waals surface area (Å²) in [6.45, 7) is 0.569. The first-order valence-electron chi connectivity index (χ1n) is 5.93. The molecule has 5 heteroatoms. The number of para-hydroxylation sites is 1. The predicted octanol–water partition coefficient (Wildman–Crippen LogP) is 1.86. The van der Waals surface area contributed by atoms with E-state index in [9.17, 15) is 9.59 Å². The van der Waals surface area contributed by atoms with Crippen LogP contribution in [0.2, 0.25) is 0 Å². The van der Waals surface area contributed by atoms with Gasteiger partial charge in [-0.05, 0) is 25.0 Å². The lowest BCUT2D eigenvalue weighted by Crippen LogP contribution is -2.43. The monoisotopic (exact) mass is 248 g/mol. The zero-order chi connectivity index (χ0) is 13.0. The molecule has 0 radical (unpaired) electrons. The quantitative estimate of drug-likeness (QED) is 0.869. The van der Waals surface area contributed by atoms with Gasteiger partial charge in [0.25, 0.3) is 0 Å². The Morgan fingerprint density at radius 2 is 2.06 bits per heavy atom. The van der Waals surface area contributed by atoms with E-state index in [1.54, 1.807) is 0 Å². The van der Waals surface area contributed by atoms with Gasteiger partial charge < -0.3 is 10.1 Å². The summed E-state index contributed by atoms with van der Waals surface area (Å²) in [5.41, 5.74) is 0.735. The topological polar surface area (TPSA) is 58.6 Å². The highest BCUT2D eigenvalue weighted by Crippen LogP contribution is 2.19. The van der Waals surface area contributed by atoms with E-state index in [0.717, 1.165) is 12.1 Å². The van der Waals surface area contributed by atoms with Crippen LogP contribution in [-0.4, -0.2) is 36.6 Å². The zero-order valence-electron chi connectivity index (χ0n) is 10.3. The molecule has 5 nitrogen and oxygen atoms in total. The smallest absolute Gasteiger partial charge is 0.410 e. The molecule has 1 fully saturated rings. The van der Waals surface area contributed by atoms with Crippen LogP contribution in [0.4, 0.5) is 10.5 Å². The van der Waals surface area contributed by atoms with Crippen molar-refractivity contribution in [1.82, 2.24) is 4.90 Å². The normalized spacial score (nSPS) is 18.5. The van der Waals surface area contributed by atoms with Crippen molar-refractivity contribution in [3.05, 3.63) is 30.3 Å². The first-order valence-corrected chi connectivity index (χ1v) is 5.93. The minimum Gasteiger partial charge on any atom is -0.453 e. The molecule has 0 spiro atoms. The molecule has 0 aromatic heterocycles. The predicted molar refractivity (Wildman–Crippen MR) is 67.2 cm³/mol. The van der Waals surface area contributed by atoms with E-state index < -0.39 is 12.1 Å². The molecule has 1 aromatic carbocycles. The number of rotatable bonds is 2. The number of benzene rings is 1. The molecule has 1 aromatic rings. The third-order valence-electron chi connectivity index (χ3n) is 3.01. The summed E-state index contributed by atoms with van der Waals surface area (Å²) < 4.78 is 4.67. The van der Waals surface area contributed by atoms with Crippen molar-refractivity contribution >= 4 is 17.7 Å². The fourth-order valence-electron chi connectivity index (χ4n) is 2.12. The molecule has 1 aliphatic rings. The Morgan fingerprint density at radius 3 is 2.72 bits per heavy atom. The van der Waals surface area contributed by atoms with E-state index in [1.807, 2.05) is 30.3 Å². The average molecular weight is 248 g/mol. The van der Waals surface area contributed by atoms with Gasteiger partial charge in [-0.3, -0.25) is 9.69 Å². The fraction of sp³-hybridized carbons (Fsp3) is 0.385. The fourth-order valence-corrected chi connectivity index (χ4v) is 2.12. The number of nitrogens with zero attached hydrogens (tertiary/aromatic N) is 1. The van der Waals surface area contributed by atoms with Crippen LogP contribution >= 0.6 is 0 Å². The maximum Gasteiger partial charge on any atom is 0.410 e. The molecule has 2 amide bonds. The Kier molecular flexibility index (Phi) is 3.82. The van der Waals surface area contributed by atoms with Gasteiger partial charge in [-0.2, -0.15) is 0 Å². The number of nitrogens with one attached hydrogen (secondary N) is 1. The van der Waals surface area contributed by atoms with Gasteiger partial charge >= 0.3 is 6.09 Å². The van der Waals surface area contributed by atoms with Crippen LogP contribution in [0.5, 0.6) is 0 Å². The SMILES string of the molecule is COC(=O)N1CCCC1C(=O)Nc1ccccc1. The van der Waals surface area contributed by atoms with E-state index in [-0.39, 0.29) is 5.91 Å². The number of carbonyl (C=O) groups excluding carboxylic acids is 2. The van der Waals surface area contributed by atoms with Crippen molar-refractivity contribution in [2.75, 3.05) is 19.0 Å². The number of amides is 2. The summed E-state index contributed by atoms with van der Waals surface area (Å²) in [6.07, 6.45) is 1.05. The van der Waals surface area contributed by atoms with Gasteiger partial charge in [-0.15, -0.1) is 0 Å². The minimum atomic E-state index is -0.444. The lowest BCUT2D eigenvalue weighted by molar-refractivity contribution is -0.119. The van der Waals surface area contributed by atoms with Crippen molar-refractivity contribution in [2.24, 2.45) is 0 Å². The van der Waals surface area contributed by atoms with Gasteiger partial charge in [0.05, 0.1) is 7.11 Å². The highest BCUT2D eigenvalue weighted by Gasteiger charge is 2.34. The Labute approximate surface area is 106 Å². The van der Waals surface area contributed by atoms with Crippen molar-refractivity contribution in [1.29, 1.82) is 0 Å². The van der Waals surface area contributed by atoms with Gasteiger partial charge in [0.15, 0.2) is 0 Å². The maximum absolute atomic E-state index is 12.1. The van der Waals surface area contributed by atoms with E-state index >= 15 is 0 Å². The molecule has 1 unspecified atom stereocenters. The maximum atomic E-state index is 12.1. The molecular formula is C13H16N2O3. The van der Waals surface area contributed by atoms with Gasteiger partial charge in [0.1, 0.15) is 6.04 Å². The summed E-state index contributed by atoms with van der Waals surface area (Å²) in [7, 11) is 1.33. The molecule has 96 valence electrons. The third-order valence-corrected chi connectivity index (χ3v) is 3.01. The number of anilines is 1. The highest BCUT2D eigenvalue weighted by atomic mass is 16.5. The summed E-state index contributed by atoms with van der Waals surface area (Å²) in [5, 5.41) is 2.80. The average Bonchev–Trinajstić information content (AvgIpc) is 2.88. The standard InChI is InChI=1S/C13H16N2O3/c1-18-13(17)15-9-5-8-11(15)12(16)14-10-6-3-2-4-7-10/h2-4,6-7,11H,5,8-9H2,1H3,(H,14,16). The van der Waals surface area contributed by atoms with Crippen molar-refractivity contribution < 1.29 is 14.3 Å². The number of ether oxygens (including phenoxy) is 1.